The van der Waals surface area contributed by atoms with Gasteiger partial charge in [-0.05, 0) is 31.9 Å². The van der Waals surface area contributed by atoms with Gasteiger partial charge in [0.15, 0.2) is 5.82 Å². The number of hydrazine groups is 1. The molecule has 0 aliphatic carbocycles. The van der Waals surface area contributed by atoms with Crippen LogP contribution in [0.25, 0.3) is 11.3 Å². The second-order valence-corrected chi connectivity index (χ2v) is 8.85. The lowest BCUT2D eigenvalue weighted by Crippen LogP contribution is -2.47. The molecule has 2 N–H and O–H groups in total. The molecule has 0 atom stereocenters. The Morgan fingerprint density at radius 3 is 2.64 bits per heavy atom. The number of carbonyl (C=O) groups excluding carboxylic acids is 1. The molecule has 0 saturated carbocycles. The number of aromatic nitrogens is 2. The van der Waals surface area contributed by atoms with Crippen LogP contribution in [0.5, 0.6) is 0 Å². The smallest absolute Gasteiger partial charge is 0.269 e. The van der Waals surface area contributed by atoms with Crippen LogP contribution in [-0.4, -0.2) is 42.3 Å². The molecule has 11 heteroatoms. The van der Waals surface area contributed by atoms with Crippen LogP contribution in [0, 0.1) is 12.7 Å². The molecule has 1 aliphatic rings. The molecule has 1 aromatic carbocycles. The van der Waals surface area contributed by atoms with Gasteiger partial charge >= 0.3 is 0 Å². The molecule has 0 bridgehead atoms. The molecule has 3 rings (SSSR count). The maximum Gasteiger partial charge on any atom is 0.269 e. The predicted molar refractivity (Wildman–Crippen MR) is 102 cm³/mol. The van der Waals surface area contributed by atoms with E-state index in [9.17, 15) is 17.6 Å². The Balaban J connectivity index is 1.82. The van der Waals surface area contributed by atoms with Crippen LogP contribution in [0.3, 0.4) is 0 Å². The third-order valence-electron chi connectivity index (χ3n) is 4.70. The zero-order valence-corrected chi connectivity index (χ0v) is 16.9. The average molecular weight is 431 g/mol. The summed E-state index contributed by atoms with van der Waals surface area (Å²) in [6.45, 7) is 2.46. The number of aryl methyl sites for hydroxylation is 1. The van der Waals surface area contributed by atoms with Crippen LogP contribution in [0.1, 0.15) is 29.0 Å². The second kappa shape index (κ2) is 8.16. The topological polar surface area (TPSA) is 102 Å². The first-order valence-corrected chi connectivity index (χ1v) is 10.5. The Kier molecular flexibility index (Phi) is 6.04. The monoisotopic (exact) mass is 430 g/mol. The highest BCUT2D eigenvalue weighted by Gasteiger charge is 2.28. The lowest BCUT2D eigenvalue weighted by atomic mass is 10.1. The maximum atomic E-state index is 14.4. The standard InChI is InChI=1S/C17H20ClFN4O4S/c1-10-20-9-15(23(10)2)11-7-13(16(19)14(18)8-11)17(24)21-22-28(25,26)12-3-5-27-6-4-12/h7-9,12,22H,3-6H2,1-2H3,(H,21,24). The van der Waals surface area contributed by atoms with Gasteiger partial charge in [0.1, 0.15) is 5.82 Å². The van der Waals surface area contributed by atoms with E-state index < -0.39 is 27.0 Å². The second-order valence-electron chi connectivity index (χ2n) is 6.48. The molecule has 0 radical (unpaired) electrons. The van der Waals surface area contributed by atoms with Crippen LogP contribution in [0.2, 0.25) is 5.02 Å². The average Bonchev–Trinajstić information content (AvgIpc) is 3.01. The van der Waals surface area contributed by atoms with E-state index >= 15 is 0 Å². The van der Waals surface area contributed by atoms with E-state index in [2.05, 4.69) is 10.4 Å². The van der Waals surface area contributed by atoms with E-state index in [4.69, 9.17) is 16.3 Å². The summed E-state index contributed by atoms with van der Waals surface area (Å²) in [5.74, 6) is -1.16. The highest BCUT2D eigenvalue weighted by atomic mass is 35.5. The van der Waals surface area contributed by atoms with Gasteiger partial charge in [-0.25, -0.2) is 17.8 Å². The van der Waals surface area contributed by atoms with Crippen LogP contribution >= 0.6 is 11.6 Å². The van der Waals surface area contributed by atoms with Gasteiger partial charge in [-0.2, -0.15) is 0 Å². The van der Waals surface area contributed by atoms with Gasteiger partial charge in [0.05, 0.1) is 27.7 Å². The summed E-state index contributed by atoms with van der Waals surface area (Å²) < 4.78 is 45.9. The number of hydrogen-bond donors (Lipinski definition) is 2. The van der Waals surface area contributed by atoms with Crippen molar-refractivity contribution in [3.8, 4) is 11.3 Å². The molecule has 2 heterocycles. The highest BCUT2D eigenvalue weighted by Crippen LogP contribution is 2.28. The largest absolute Gasteiger partial charge is 0.381 e. The first-order chi connectivity index (χ1) is 13.2. The number of nitrogens with zero attached hydrogens (tertiary/aromatic N) is 2. The van der Waals surface area contributed by atoms with E-state index in [1.165, 1.54) is 12.1 Å². The summed E-state index contributed by atoms with van der Waals surface area (Å²) in [6, 6.07) is 2.69. The fourth-order valence-electron chi connectivity index (χ4n) is 2.93. The first kappa shape index (κ1) is 20.7. The van der Waals surface area contributed by atoms with Crippen LogP contribution < -0.4 is 10.3 Å². The van der Waals surface area contributed by atoms with Crippen molar-refractivity contribution in [3.05, 3.63) is 40.6 Å². The number of halogens is 2. The van der Waals surface area contributed by atoms with Crippen LogP contribution in [0.15, 0.2) is 18.3 Å². The summed E-state index contributed by atoms with van der Waals surface area (Å²) in [5.41, 5.74) is 2.80. The van der Waals surface area contributed by atoms with Gasteiger partial charge in [0.2, 0.25) is 10.0 Å². The third-order valence-corrected chi connectivity index (χ3v) is 6.71. The molecule has 0 spiro atoms. The van der Waals surface area contributed by atoms with Gasteiger partial charge in [-0.1, -0.05) is 11.6 Å². The number of benzene rings is 1. The quantitative estimate of drug-likeness (QED) is 0.705. The predicted octanol–water partition coefficient (Wildman–Crippen LogP) is 1.93. The SMILES string of the molecule is Cc1ncc(-c2cc(Cl)c(F)c(C(=O)NNS(=O)(=O)C3CCOCC3)c2)n1C. The Morgan fingerprint density at radius 1 is 1.36 bits per heavy atom. The van der Waals surface area contributed by atoms with Crippen molar-refractivity contribution >= 4 is 27.5 Å². The van der Waals surface area contributed by atoms with Crippen molar-refractivity contribution in [2.24, 2.45) is 7.05 Å². The Morgan fingerprint density at radius 2 is 2.04 bits per heavy atom. The van der Waals surface area contributed by atoms with Crippen molar-refractivity contribution in [1.82, 2.24) is 19.8 Å². The molecule has 1 aliphatic heterocycles. The Labute approximate surface area is 167 Å². The van der Waals surface area contributed by atoms with E-state index in [-0.39, 0.29) is 10.6 Å². The highest BCUT2D eigenvalue weighted by molar-refractivity contribution is 7.90. The van der Waals surface area contributed by atoms with Crippen LogP contribution in [-0.2, 0) is 21.8 Å². The fourth-order valence-corrected chi connectivity index (χ4v) is 4.36. The molecule has 2 aromatic rings. The van der Waals surface area contributed by atoms with Crippen molar-refractivity contribution < 1.29 is 22.3 Å². The van der Waals surface area contributed by atoms with E-state index in [0.717, 1.165) is 5.82 Å². The van der Waals surface area contributed by atoms with Gasteiger partial charge in [0.25, 0.3) is 5.91 Å². The minimum atomic E-state index is -3.81. The van der Waals surface area contributed by atoms with Crippen molar-refractivity contribution in [1.29, 1.82) is 0 Å². The minimum absolute atomic E-state index is 0.256. The maximum absolute atomic E-state index is 14.4. The van der Waals surface area contributed by atoms with E-state index in [0.29, 0.717) is 37.3 Å². The molecule has 0 unspecified atom stereocenters. The van der Waals surface area contributed by atoms with Crippen molar-refractivity contribution in [2.75, 3.05) is 13.2 Å². The summed E-state index contributed by atoms with van der Waals surface area (Å²) in [5, 5.41) is -0.937. The molecule has 1 fully saturated rings. The van der Waals surface area contributed by atoms with Gasteiger partial charge in [-0.15, -0.1) is 4.83 Å². The lowest BCUT2D eigenvalue weighted by molar-refractivity contribution is 0.0934. The van der Waals surface area contributed by atoms with Gasteiger partial charge in [0, 0.05) is 25.8 Å². The number of nitrogens with one attached hydrogen (secondary N) is 2. The third kappa shape index (κ3) is 4.19. The minimum Gasteiger partial charge on any atom is -0.381 e. The molecule has 1 aromatic heterocycles. The number of rotatable bonds is 5. The van der Waals surface area contributed by atoms with Crippen molar-refractivity contribution in [2.45, 2.75) is 25.0 Å². The Bertz CT molecular complexity index is 1000. The van der Waals surface area contributed by atoms with Gasteiger partial charge in [-0.3, -0.25) is 10.2 Å². The number of amides is 1. The summed E-state index contributed by atoms with van der Waals surface area (Å²) in [4.78, 5) is 18.6. The molecule has 1 saturated heterocycles. The summed E-state index contributed by atoms with van der Waals surface area (Å²) in [7, 11) is -2.03. The molecular weight excluding hydrogens is 411 g/mol. The summed E-state index contributed by atoms with van der Waals surface area (Å²) in [6.07, 6.45) is 2.22. The number of sulfonamides is 1. The normalized spacial score (nSPS) is 15.6. The number of ether oxygens (including phenoxy) is 1. The van der Waals surface area contributed by atoms with Gasteiger partial charge < -0.3 is 9.30 Å². The van der Waals surface area contributed by atoms with Crippen LogP contribution in [0.4, 0.5) is 4.39 Å². The molecular formula is C17H20ClFN4O4S. The number of hydrogen-bond acceptors (Lipinski definition) is 5. The van der Waals surface area contributed by atoms with Crippen molar-refractivity contribution in [3.63, 3.8) is 0 Å². The lowest BCUT2D eigenvalue weighted by Gasteiger charge is -2.22. The number of imidazole rings is 1. The molecule has 152 valence electrons. The van der Waals surface area contributed by atoms with E-state index in [1.54, 1.807) is 24.7 Å². The number of carbonyl (C=O) groups is 1. The zero-order valence-electron chi connectivity index (χ0n) is 15.3. The molecule has 8 nitrogen and oxygen atoms in total. The molecule has 28 heavy (non-hydrogen) atoms. The first-order valence-electron chi connectivity index (χ1n) is 8.57. The van der Waals surface area contributed by atoms with E-state index in [1.807, 2.05) is 4.83 Å². The zero-order chi connectivity index (χ0) is 20.5. The molecule has 1 amide bonds. The summed E-state index contributed by atoms with van der Waals surface area (Å²) >= 11 is 5.95. The fraction of sp³-hybridized carbons (Fsp3) is 0.412. The Hall–Kier alpha value is -2.01.